The third kappa shape index (κ3) is 7.33. The van der Waals surface area contributed by atoms with Gasteiger partial charge in [-0.15, -0.1) is 0 Å². The summed E-state index contributed by atoms with van der Waals surface area (Å²) in [4.78, 5) is 35.8. The first kappa shape index (κ1) is 21.4. The Hall–Kier alpha value is -1.89. The molecule has 0 saturated heterocycles. The number of unbranched alkanes of at least 4 members (excludes halogenated alkanes) is 1. The van der Waals surface area contributed by atoms with E-state index in [0.717, 1.165) is 30.2 Å². The highest BCUT2D eigenvalue weighted by molar-refractivity contribution is 9.10. The van der Waals surface area contributed by atoms with Crippen molar-refractivity contribution < 1.29 is 19.1 Å². The van der Waals surface area contributed by atoms with Gasteiger partial charge in [-0.3, -0.25) is 25.2 Å². The summed E-state index contributed by atoms with van der Waals surface area (Å²) in [7, 11) is 0. The number of esters is 1. The van der Waals surface area contributed by atoms with E-state index in [-0.39, 0.29) is 11.9 Å². The molecule has 1 aliphatic carbocycles. The van der Waals surface area contributed by atoms with Gasteiger partial charge in [0.2, 0.25) is 0 Å². The SMILES string of the molecule is CCCCC1CCC(C(=O)OCC(=O)NNC(=O)c2ccc(Br)cc2)CC1. The second-order valence-corrected chi connectivity index (χ2v) is 7.89. The second-order valence-electron chi connectivity index (χ2n) is 6.98. The third-order valence-electron chi connectivity index (χ3n) is 4.91. The average molecular weight is 439 g/mol. The Labute approximate surface area is 168 Å². The molecule has 2 N–H and O–H groups in total. The van der Waals surface area contributed by atoms with Crippen molar-refractivity contribution in [2.45, 2.75) is 51.9 Å². The number of carbonyl (C=O) groups is 3. The Kier molecular flexibility index (Phi) is 8.78. The molecule has 1 saturated carbocycles. The molecule has 27 heavy (non-hydrogen) atoms. The molecule has 1 aliphatic rings. The number of hydrogen-bond acceptors (Lipinski definition) is 4. The number of rotatable bonds is 7. The number of ether oxygens (including phenoxy) is 1. The van der Waals surface area contributed by atoms with Crippen LogP contribution in [0, 0.1) is 11.8 Å². The fourth-order valence-corrected chi connectivity index (χ4v) is 3.53. The number of amides is 2. The Balaban J connectivity index is 1.64. The first-order chi connectivity index (χ1) is 13.0. The summed E-state index contributed by atoms with van der Waals surface area (Å²) in [6.07, 6.45) is 7.44. The van der Waals surface area contributed by atoms with Gasteiger partial charge in [0.15, 0.2) is 6.61 Å². The van der Waals surface area contributed by atoms with Crippen LogP contribution in [0.4, 0.5) is 0 Å². The van der Waals surface area contributed by atoms with Gasteiger partial charge in [-0.2, -0.15) is 0 Å². The minimum Gasteiger partial charge on any atom is -0.455 e. The molecule has 2 rings (SSSR count). The molecule has 0 atom stereocenters. The van der Waals surface area contributed by atoms with Crippen molar-refractivity contribution in [3.8, 4) is 0 Å². The molecule has 148 valence electrons. The van der Waals surface area contributed by atoms with Crippen molar-refractivity contribution in [1.82, 2.24) is 10.9 Å². The fraction of sp³-hybridized carbons (Fsp3) is 0.550. The minimum atomic E-state index is -0.564. The van der Waals surface area contributed by atoms with Gasteiger partial charge >= 0.3 is 5.97 Å². The van der Waals surface area contributed by atoms with Crippen LogP contribution in [0.5, 0.6) is 0 Å². The highest BCUT2D eigenvalue weighted by atomic mass is 79.9. The van der Waals surface area contributed by atoms with E-state index < -0.39 is 18.4 Å². The topological polar surface area (TPSA) is 84.5 Å². The van der Waals surface area contributed by atoms with Crippen molar-refractivity contribution in [1.29, 1.82) is 0 Å². The number of hydrazine groups is 1. The summed E-state index contributed by atoms with van der Waals surface area (Å²) in [5, 5.41) is 0. The van der Waals surface area contributed by atoms with Gasteiger partial charge in [-0.1, -0.05) is 42.1 Å². The molecule has 0 spiro atoms. The highest BCUT2D eigenvalue weighted by Gasteiger charge is 2.27. The summed E-state index contributed by atoms with van der Waals surface area (Å²) >= 11 is 3.29. The van der Waals surface area contributed by atoms with E-state index in [2.05, 4.69) is 33.7 Å². The van der Waals surface area contributed by atoms with Gasteiger partial charge in [-0.25, -0.2) is 0 Å². The van der Waals surface area contributed by atoms with Gasteiger partial charge in [0.25, 0.3) is 11.8 Å². The van der Waals surface area contributed by atoms with Gasteiger partial charge in [0, 0.05) is 10.0 Å². The van der Waals surface area contributed by atoms with E-state index in [1.54, 1.807) is 24.3 Å². The largest absolute Gasteiger partial charge is 0.455 e. The lowest BCUT2D eigenvalue weighted by molar-refractivity contribution is -0.154. The standard InChI is InChI=1S/C20H27BrN2O4/c1-2-3-4-14-5-7-16(8-6-14)20(26)27-13-18(24)22-23-19(25)15-9-11-17(21)12-10-15/h9-12,14,16H,2-8,13H2,1H3,(H,22,24)(H,23,25). The molecule has 0 bridgehead atoms. The lowest BCUT2D eigenvalue weighted by atomic mass is 9.80. The number of benzene rings is 1. The summed E-state index contributed by atoms with van der Waals surface area (Å²) in [5.74, 6) is -0.726. The maximum Gasteiger partial charge on any atom is 0.309 e. The molecular weight excluding hydrogens is 412 g/mol. The van der Waals surface area contributed by atoms with E-state index in [9.17, 15) is 14.4 Å². The van der Waals surface area contributed by atoms with Crippen molar-refractivity contribution in [3.05, 3.63) is 34.3 Å². The Morgan fingerprint density at radius 3 is 2.37 bits per heavy atom. The van der Waals surface area contributed by atoms with E-state index in [0.29, 0.717) is 11.5 Å². The molecule has 0 radical (unpaired) electrons. The number of hydrogen-bond donors (Lipinski definition) is 2. The Bertz CT molecular complexity index is 640. The summed E-state index contributed by atoms with van der Waals surface area (Å²) in [6.45, 7) is 1.80. The predicted octanol–water partition coefficient (Wildman–Crippen LogP) is 3.75. The molecule has 6 nitrogen and oxygen atoms in total. The molecule has 1 aromatic rings. The monoisotopic (exact) mass is 438 g/mol. The predicted molar refractivity (Wildman–Crippen MR) is 106 cm³/mol. The quantitative estimate of drug-likeness (QED) is 0.501. The number of halogens is 1. The first-order valence-electron chi connectivity index (χ1n) is 9.51. The first-order valence-corrected chi connectivity index (χ1v) is 10.3. The summed E-state index contributed by atoms with van der Waals surface area (Å²) < 4.78 is 5.96. The number of carbonyl (C=O) groups excluding carboxylic acids is 3. The van der Waals surface area contributed by atoms with Gasteiger partial charge < -0.3 is 4.74 Å². The van der Waals surface area contributed by atoms with Gasteiger partial charge in [0.1, 0.15) is 0 Å². The molecule has 0 aliphatic heterocycles. The van der Waals surface area contributed by atoms with E-state index >= 15 is 0 Å². The summed E-state index contributed by atoms with van der Waals surface area (Å²) in [5.41, 5.74) is 4.97. The van der Waals surface area contributed by atoms with Crippen LogP contribution in [0.1, 0.15) is 62.2 Å². The number of nitrogens with one attached hydrogen (secondary N) is 2. The van der Waals surface area contributed by atoms with E-state index in [1.807, 2.05) is 0 Å². The fourth-order valence-electron chi connectivity index (χ4n) is 3.27. The molecule has 0 aromatic heterocycles. The molecular formula is C20H27BrN2O4. The van der Waals surface area contributed by atoms with Crippen LogP contribution in [-0.4, -0.2) is 24.4 Å². The summed E-state index contributed by atoms with van der Waals surface area (Å²) in [6, 6.07) is 6.72. The van der Waals surface area contributed by atoms with Gasteiger partial charge in [0.05, 0.1) is 5.92 Å². The van der Waals surface area contributed by atoms with Crippen molar-refractivity contribution in [2.24, 2.45) is 11.8 Å². The zero-order valence-corrected chi connectivity index (χ0v) is 17.2. The minimum absolute atomic E-state index is 0.118. The van der Waals surface area contributed by atoms with Crippen LogP contribution in [0.25, 0.3) is 0 Å². The third-order valence-corrected chi connectivity index (χ3v) is 5.44. The van der Waals surface area contributed by atoms with Crippen LogP contribution in [0.15, 0.2) is 28.7 Å². The molecule has 1 fully saturated rings. The van der Waals surface area contributed by atoms with Crippen LogP contribution in [0.3, 0.4) is 0 Å². The van der Waals surface area contributed by atoms with Crippen LogP contribution in [0.2, 0.25) is 0 Å². The smallest absolute Gasteiger partial charge is 0.309 e. The van der Waals surface area contributed by atoms with Crippen LogP contribution >= 0.6 is 15.9 Å². The molecule has 0 unspecified atom stereocenters. The van der Waals surface area contributed by atoms with E-state index in [1.165, 1.54) is 19.3 Å². The van der Waals surface area contributed by atoms with Crippen LogP contribution < -0.4 is 10.9 Å². The van der Waals surface area contributed by atoms with Crippen molar-refractivity contribution >= 4 is 33.7 Å². The Morgan fingerprint density at radius 1 is 1.07 bits per heavy atom. The van der Waals surface area contributed by atoms with Crippen molar-refractivity contribution in [2.75, 3.05) is 6.61 Å². The van der Waals surface area contributed by atoms with Crippen LogP contribution in [-0.2, 0) is 14.3 Å². The molecule has 2 amide bonds. The molecule has 7 heteroatoms. The maximum atomic E-state index is 12.1. The zero-order chi connectivity index (χ0) is 19.6. The average Bonchev–Trinajstić information content (AvgIpc) is 2.69. The lowest BCUT2D eigenvalue weighted by Crippen LogP contribution is -2.43. The second kappa shape index (κ2) is 11.1. The molecule has 1 aromatic carbocycles. The normalized spacial score (nSPS) is 19.2. The Morgan fingerprint density at radius 2 is 1.74 bits per heavy atom. The van der Waals surface area contributed by atoms with Crippen molar-refractivity contribution in [3.63, 3.8) is 0 Å². The lowest BCUT2D eigenvalue weighted by Gasteiger charge is -2.27. The van der Waals surface area contributed by atoms with Gasteiger partial charge in [-0.05, 0) is 55.9 Å². The van der Waals surface area contributed by atoms with E-state index in [4.69, 9.17) is 4.74 Å². The molecule has 0 heterocycles. The zero-order valence-electron chi connectivity index (χ0n) is 15.6. The maximum absolute atomic E-state index is 12.1. The highest BCUT2D eigenvalue weighted by Crippen LogP contribution is 2.32.